The first kappa shape index (κ1) is 18.7. The zero-order valence-electron chi connectivity index (χ0n) is 13.4. The van der Waals surface area contributed by atoms with Crippen molar-refractivity contribution in [2.45, 2.75) is 6.92 Å². The molecule has 1 rings (SSSR count). The molecule has 8 nitrogen and oxygen atoms in total. The molecule has 1 N–H and O–H groups in total. The summed E-state index contributed by atoms with van der Waals surface area (Å²) in [4.78, 5) is 34.9. The Morgan fingerprint density at radius 1 is 1.21 bits per heavy atom. The van der Waals surface area contributed by atoms with Crippen molar-refractivity contribution in [1.29, 1.82) is 5.26 Å². The van der Waals surface area contributed by atoms with Crippen molar-refractivity contribution in [3.63, 3.8) is 0 Å². The topological polar surface area (TPSA) is 115 Å². The van der Waals surface area contributed by atoms with E-state index < -0.39 is 17.9 Å². The average Bonchev–Trinajstić information content (AvgIpc) is 2.60. The summed E-state index contributed by atoms with van der Waals surface area (Å²) in [6.07, 6.45) is 1.08. The first-order valence-corrected chi connectivity index (χ1v) is 6.83. The van der Waals surface area contributed by atoms with Gasteiger partial charge in [0.15, 0.2) is 5.57 Å². The Morgan fingerprint density at radius 2 is 1.88 bits per heavy atom. The number of nitrogens with zero attached hydrogens (tertiary/aromatic N) is 1. The third-order valence-corrected chi connectivity index (χ3v) is 2.83. The Hall–Kier alpha value is -3.34. The fourth-order valence-electron chi connectivity index (χ4n) is 1.69. The lowest BCUT2D eigenvalue weighted by Gasteiger charge is -2.10. The molecule has 0 saturated carbocycles. The van der Waals surface area contributed by atoms with E-state index in [1.165, 1.54) is 32.4 Å². The fourth-order valence-corrected chi connectivity index (χ4v) is 1.69. The predicted molar refractivity (Wildman–Crippen MR) is 83.1 cm³/mol. The van der Waals surface area contributed by atoms with Gasteiger partial charge in [-0.3, -0.25) is 0 Å². The SMILES string of the molecule is CCOC(=O)/C(C#N)=C/Nc1cc(C(=O)OC)ccc1C(=O)OC. The van der Waals surface area contributed by atoms with Crippen LogP contribution in [0.2, 0.25) is 0 Å². The van der Waals surface area contributed by atoms with Gasteiger partial charge in [-0.05, 0) is 25.1 Å². The number of ether oxygens (including phenoxy) is 3. The van der Waals surface area contributed by atoms with Gasteiger partial charge in [0.1, 0.15) is 6.07 Å². The fraction of sp³-hybridized carbons (Fsp3) is 0.250. The van der Waals surface area contributed by atoms with Gasteiger partial charge in [0.2, 0.25) is 0 Å². The first-order chi connectivity index (χ1) is 11.5. The van der Waals surface area contributed by atoms with Crippen LogP contribution in [0.1, 0.15) is 27.6 Å². The van der Waals surface area contributed by atoms with Crippen molar-refractivity contribution < 1.29 is 28.6 Å². The van der Waals surface area contributed by atoms with Gasteiger partial charge < -0.3 is 19.5 Å². The number of hydrogen-bond acceptors (Lipinski definition) is 8. The van der Waals surface area contributed by atoms with Crippen LogP contribution < -0.4 is 5.32 Å². The minimum atomic E-state index is -0.809. The van der Waals surface area contributed by atoms with Crippen LogP contribution in [0.4, 0.5) is 5.69 Å². The summed E-state index contributed by atoms with van der Waals surface area (Å²) in [5, 5.41) is 11.6. The quantitative estimate of drug-likeness (QED) is 0.362. The molecule has 0 aliphatic rings. The monoisotopic (exact) mass is 332 g/mol. The van der Waals surface area contributed by atoms with E-state index in [2.05, 4.69) is 14.8 Å². The van der Waals surface area contributed by atoms with Crippen molar-refractivity contribution in [2.24, 2.45) is 0 Å². The van der Waals surface area contributed by atoms with E-state index in [1.54, 1.807) is 13.0 Å². The summed E-state index contributed by atoms with van der Waals surface area (Å²) in [6.45, 7) is 1.72. The largest absolute Gasteiger partial charge is 0.465 e. The van der Waals surface area contributed by atoms with Crippen LogP contribution in [-0.2, 0) is 19.0 Å². The molecule has 0 saturated heterocycles. The lowest BCUT2D eigenvalue weighted by Crippen LogP contribution is -2.11. The molecule has 24 heavy (non-hydrogen) atoms. The Morgan fingerprint density at radius 3 is 2.42 bits per heavy atom. The molecule has 8 heteroatoms. The molecule has 0 unspecified atom stereocenters. The highest BCUT2D eigenvalue weighted by Gasteiger charge is 2.16. The summed E-state index contributed by atoms with van der Waals surface area (Å²) in [5.74, 6) is -2.07. The molecule has 0 spiro atoms. The number of rotatable bonds is 6. The normalized spacial score (nSPS) is 10.3. The standard InChI is InChI=1S/C16H16N2O6/c1-4-24-15(20)11(8-17)9-18-13-7-10(14(19)22-2)5-6-12(13)16(21)23-3/h5-7,9,18H,4H2,1-3H3/b11-9+. The van der Waals surface area contributed by atoms with E-state index in [0.29, 0.717) is 0 Å². The molecule has 0 heterocycles. The van der Waals surface area contributed by atoms with Crippen molar-refractivity contribution in [3.8, 4) is 6.07 Å². The Balaban J connectivity index is 3.23. The average molecular weight is 332 g/mol. The minimum Gasteiger partial charge on any atom is -0.465 e. The Kier molecular flexibility index (Phi) is 6.97. The molecule has 1 aromatic carbocycles. The summed E-state index contributed by atoms with van der Waals surface area (Å²) < 4.78 is 14.0. The van der Waals surface area contributed by atoms with Gasteiger partial charge in [0.05, 0.1) is 37.6 Å². The highest BCUT2D eigenvalue weighted by atomic mass is 16.5. The van der Waals surface area contributed by atoms with Gasteiger partial charge in [-0.25, -0.2) is 14.4 Å². The van der Waals surface area contributed by atoms with Gasteiger partial charge in [-0.2, -0.15) is 5.26 Å². The van der Waals surface area contributed by atoms with Crippen LogP contribution >= 0.6 is 0 Å². The van der Waals surface area contributed by atoms with Crippen molar-refractivity contribution in [1.82, 2.24) is 0 Å². The number of benzene rings is 1. The Labute approximate surface area is 138 Å². The van der Waals surface area contributed by atoms with Crippen molar-refractivity contribution >= 4 is 23.6 Å². The smallest absolute Gasteiger partial charge is 0.350 e. The lowest BCUT2D eigenvalue weighted by atomic mass is 10.1. The second-order valence-electron chi connectivity index (χ2n) is 4.28. The molecular weight excluding hydrogens is 316 g/mol. The number of anilines is 1. The Bertz CT molecular complexity index is 718. The van der Waals surface area contributed by atoms with E-state index >= 15 is 0 Å². The molecule has 0 atom stereocenters. The van der Waals surface area contributed by atoms with E-state index in [4.69, 9.17) is 10.00 Å². The lowest BCUT2D eigenvalue weighted by molar-refractivity contribution is -0.138. The maximum absolute atomic E-state index is 11.8. The first-order valence-electron chi connectivity index (χ1n) is 6.83. The highest BCUT2D eigenvalue weighted by molar-refractivity contribution is 5.99. The number of hydrogen-bond donors (Lipinski definition) is 1. The molecular formula is C16H16N2O6. The van der Waals surface area contributed by atoms with Crippen LogP contribution in [0.5, 0.6) is 0 Å². The van der Waals surface area contributed by atoms with E-state index in [9.17, 15) is 14.4 Å². The van der Waals surface area contributed by atoms with Gasteiger partial charge in [0.25, 0.3) is 0 Å². The summed E-state index contributed by atoms with van der Waals surface area (Å²) in [6, 6.07) is 5.78. The van der Waals surface area contributed by atoms with Crippen molar-refractivity contribution in [3.05, 3.63) is 41.1 Å². The number of carbonyl (C=O) groups is 3. The van der Waals surface area contributed by atoms with E-state index in [-0.39, 0.29) is 29.0 Å². The number of esters is 3. The number of methoxy groups -OCH3 is 2. The van der Waals surface area contributed by atoms with Crippen LogP contribution in [-0.4, -0.2) is 38.7 Å². The third-order valence-electron chi connectivity index (χ3n) is 2.83. The molecule has 126 valence electrons. The van der Waals surface area contributed by atoms with Crippen LogP contribution in [0.25, 0.3) is 0 Å². The number of carbonyl (C=O) groups excluding carboxylic acids is 3. The van der Waals surface area contributed by atoms with Gasteiger partial charge in [-0.1, -0.05) is 0 Å². The summed E-state index contributed by atoms with van der Waals surface area (Å²) in [7, 11) is 2.42. The molecule has 1 aromatic rings. The van der Waals surface area contributed by atoms with Gasteiger partial charge in [-0.15, -0.1) is 0 Å². The highest BCUT2D eigenvalue weighted by Crippen LogP contribution is 2.20. The van der Waals surface area contributed by atoms with Crippen LogP contribution in [0, 0.1) is 11.3 Å². The molecule has 0 amide bonds. The second kappa shape index (κ2) is 8.95. The molecule has 0 radical (unpaired) electrons. The molecule has 0 fully saturated rings. The maximum Gasteiger partial charge on any atom is 0.350 e. The summed E-state index contributed by atoms with van der Waals surface area (Å²) in [5.41, 5.74) is 0.163. The van der Waals surface area contributed by atoms with E-state index in [1.807, 2.05) is 0 Å². The molecule has 0 aliphatic carbocycles. The van der Waals surface area contributed by atoms with Crippen LogP contribution in [0.3, 0.4) is 0 Å². The number of nitriles is 1. The molecule has 0 aliphatic heterocycles. The number of nitrogens with one attached hydrogen (secondary N) is 1. The zero-order chi connectivity index (χ0) is 18.1. The summed E-state index contributed by atoms with van der Waals surface area (Å²) >= 11 is 0. The maximum atomic E-state index is 11.8. The second-order valence-corrected chi connectivity index (χ2v) is 4.28. The predicted octanol–water partition coefficient (Wildman–Crippen LogP) is 1.64. The third kappa shape index (κ3) is 4.58. The molecule has 0 aromatic heterocycles. The zero-order valence-corrected chi connectivity index (χ0v) is 13.4. The van der Waals surface area contributed by atoms with E-state index in [0.717, 1.165) is 6.20 Å². The molecule has 0 bridgehead atoms. The van der Waals surface area contributed by atoms with Gasteiger partial charge in [0, 0.05) is 6.20 Å². The van der Waals surface area contributed by atoms with Crippen LogP contribution in [0.15, 0.2) is 30.0 Å². The minimum absolute atomic E-state index is 0.113. The van der Waals surface area contributed by atoms with Gasteiger partial charge >= 0.3 is 17.9 Å². The van der Waals surface area contributed by atoms with Crippen molar-refractivity contribution in [2.75, 3.05) is 26.1 Å².